The van der Waals surface area contributed by atoms with Gasteiger partial charge in [-0.25, -0.2) is 0 Å². The van der Waals surface area contributed by atoms with Gasteiger partial charge in [-0.1, -0.05) is 23.7 Å². The van der Waals surface area contributed by atoms with Gasteiger partial charge in [-0.05, 0) is 37.9 Å². The number of hydrogen-bond donors (Lipinski definition) is 1. The van der Waals surface area contributed by atoms with Crippen molar-refractivity contribution in [1.29, 1.82) is 0 Å². The summed E-state index contributed by atoms with van der Waals surface area (Å²) in [5.41, 5.74) is 2.23. The Kier molecular flexibility index (Phi) is 6.76. The maximum Gasteiger partial charge on any atom is 0.270 e. The predicted octanol–water partition coefficient (Wildman–Crippen LogP) is 3.35. The molecule has 2 aromatic rings. The summed E-state index contributed by atoms with van der Waals surface area (Å²) in [5, 5.41) is 13.7. The fraction of sp³-hybridized carbons (Fsp3) is 0.316. The molecular weight excluding hydrogens is 368 g/mol. The van der Waals surface area contributed by atoms with Crippen LogP contribution in [0.3, 0.4) is 0 Å². The van der Waals surface area contributed by atoms with E-state index in [4.69, 9.17) is 11.6 Å². The van der Waals surface area contributed by atoms with Crippen molar-refractivity contribution in [3.63, 3.8) is 0 Å². The Morgan fingerprint density at radius 1 is 1.15 bits per heavy atom. The van der Waals surface area contributed by atoms with Gasteiger partial charge in [0.05, 0.1) is 21.6 Å². The number of non-ortho nitro benzene ring substituents is 1. The van der Waals surface area contributed by atoms with Crippen LogP contribution in [0.25, 0.3) is 0 Å². The van der Waals surface area contributed by atoms with Gasteiger partial charge in [-0.2, -0.15) is 0 Å². The quantitative estimate of drug-likeness (QED) is 0.579. The SMILES string of the molecule is CN(C)c1ccc([C@H](CNC(=O)c2ccc([N+](=O)[O-])cc2Cl)N(C)C)cc1. The Hall–Kier alpha value is -2.64. The van der Waals surface area contributed by atoms with Crippen molar-refractivity contribution in [3.8, 4) is 0 Å². The van der Waals surface area contributed by atoms with E-state index in [1.807, 2.05) is 62.3 Å². The number of amides is 1. The maximum atomic E-state index is 12.5. The first-order valence-corrected chi connectivity index (χ1v) is 8.74. The van der Waals surface area contributed by atoms with Gasteiger partial charge in [0.25, 0.3) is 11.6 Å². The third-order valence-electron chi connectivity index (χ3n) is 4.28. The van der Waals surface area contributed by atoms with Crippen LogP contribution in [-0.4, -0.2) is 50.5 Å². The monoisotopic (exact) mass is 390 g/mol. The highest BCUT2D eigenvalue weighted by molar-refractivity contribution is 6.34. The zero-order chi connectivity index (χ0) is 20.1. The van der Waals surface area contributed by atoms with E-state index in [9.17, 15) is 14.9 Å². The van der Waals surface area contributed by atoms with Crippen molar-refractivity contribution < 1.29 is 9.72 Å². The van der Waals surface area contributed by atoms with E-state index in [1.165, 1.54) is 18.2 Å². The van der Waals surface area contributed by atoms with Gasteiger partial charge >= 0.3 is 0 Å². The third-order valence-corrected chi connectivity index (χ3v) is 4.59. The molecule has 0 fully saturated rings. The Morgan fingerprint density at radius 2 is 1.78 bits per heavy atom. The Morgan fingerprint density at radius 3 is 2.26 bits per heavy atom. The Bertz CT molecular complexity index is 822. The highest BCUT2D eigenvalue weighted by Crippen LogP contribution is 2.24. The van der Waals surface area contributed by atoms with Crippen LogP contribution in [0.5, 0.6) is 0 Å². The summed E-state index contributed by atoms with van der Waals surface area (Å²) in [4.78, 5) is 26.7. The van der Waals surface area contributed by atoms with E-state index in [1.54, 1.807) is 0 Å². The number of benzene rings is 2. The summed E-state index contributed by atoms with van der Waals surface area (Å²) in [6, 6.07) is 11.9. The van der Waals surface area contributed by atoms with Crippen LogP contribution in [0.1, 0.15) is 22.0 Å². The molecule has 1 N–H and O–H groups in total. The van der Waals surface area contributed by atoms with Gasteiger partial charge in [0.15, 0.2) is 0 Å². The molecule has 0 aliphatic heterocycles. The zero-order valence-electron chi connectivity index (χ0n) is 15.8. The lowest BCUT2D eigenvalue weighted by Crippen LogP contribution is -2.34. The molecule has 1 amide bonds. The number of nitro groups is 1. The van der Waals surface area contributed by atoms with Crippen LogP contribution in [0.2, 0.25) is 5.02 Å². The minimum atomic E-state index is -0.549. The van der Waals surface area contributed by atoms with Gasteiger partial charge in [0.1, 0.15) is 0 Å². The number of nitro benzene ring substituents is 1. The van der Waals surface area contributed by atoms with E-state index >= 15 is 0 Å². The molecule has 0 saturated carbocycles. The van der Waals surface area contributed by atoms with E-state index in [-0.39, 0.29) is 28.2 Å². The number of anilines is 1. The molecule has 0 radical (unpaired) electrons. The number of hydrogen-bond acceptors (Lipinski definition) is 5. The molecule has 0 aromatic heterocycles. The van der Waals surface area contributed by atoms with E-state index in [0.717, 1.165) is 11.3 Å². The van der Waals surface area contributed by atoms with Crippen LogP contribution < -0.4 is 10.2 Å². The summed E-state index contributed by atoms with van der Waals surface area (Å²) in [6.45, 7) is 0.375. The number of likely N-dealkylation sites (N-methyl/N-ethyl adjacent to an activating group) is 1. The van der Waals surface area contributed by atoms with Crippen molar-refractivity contribution in [1.82, 2.24) is 10.2 Å². The first-order valence-electron chi connectivity index (χ1n) is 8.36. The minimum Gasteiger partial charge on any atom is -0.378 e. The first kappa shape index (κ1) is 20.7. The van der Waals surface area contributed by atoms with E-state index in [0.29, 0.717) is 6.54 Å². The Labute approximate surface area is 163 Å². The maximum absolute atomic E-state index is 12.5. The Balaban J connectivity index is 2.11. The summed E-state index contributed by atoms with van der Waals surface area (Å²) < 4.78 is 0. The van der Waals surface area contributed by atoms with Gasteiger partial charge in [-0.15, -0.1) is 0 Å². The van der Waals surface area contributed by atoms with Crippen LogP contribution in [0, 0.1) is 10.1 Å². The third kappa shape index (κ3) is 5.18. The summed E-state index contributed by atoms with van der Waals surface area (Å²) in [5.74, 6) is -0.369. The number of rotatable bonds is 7. The fourth-order valence-electron chi connectivity index (χ4n) is 2.68. The summed E-state index contributed by atoms with van der Waals surface area (Å²) in [6.07, 6.45) is 0. The van der Waals surface area contributed by atoms with Gasteiger partial charge in [-0.3, -0.25) is 14.9 Å². The van der Waals surface area contributed by atoms with Crippen LogP contribution >= 0.6 is 11.6 Å². The molecular formula is C19H23ClN4O3. The summed E-state index contributed by atoms with van der Waals surface area (Å²) >= 11 is 6.03. The number of nitrogens with one attached hydrogen (secondary N) is 1. The molecule has 144 valence electrons. The molecule has 8 heteroatoms. The standard InChI is InChI=1S/C19H23ClN4O3/c1-22(2)14-7-5-13(6-8-14)18(23(3)4)12-21-19(25)16-10-9-15(24(26)27)11-17(16)20/h5-11,18H,12H2,1-4H3,(H,21,25)/t18-/m0/s1. The smallest absolute Gasteiger partial charge is 0.270 e. The van der Waals surface area contributed by atoms with Crippen molar-refractivity contribution in [2.45, 2.75) is 6.04 Å². The molecule has 0 saturated heterocycles. The summed E-state index contributed by atoms with van der Waals surface area (Å²) in [7, 11) is 7.84. The molecule has 27 heavy (non-hydrogen) atoms. The highest BCUT2D eigenvalue weighted by atomic mass is 35.5. The number of carbonyl (C=O) groups excluding carboxylic acids is 1. The lowest BCUT2D eigenvalue weighted by atomic mass is 10.0. The minimum absolute atomic E-state index is 0.0259. The topological polar surface area (TPSA) is 78.7 Å². The number of halogens is 1. The lowest BCUT2D eigenvalue weighted by Gasteiger charge is -2.26. The van der Waals surface area contributed by atoms with Crippen molar-refractivity contribution >= 4 is 28.9 Å². The van der Waals surface area contributed by atoms with E-state index < -0.39 is 4.92 Å². The second-order valence-electron chi connectivity index (χ2n) is 6.60. The van der Waals surface area contributed by atoms with Crippen molar-refractivity contribution in [2.24, 2.45) is 0 Å². The van der Waals surface area contributed by atoms with Gasteiger partial charge in [0, 0.05) is 38.5 Å². The molecule has 0 aliphatic rings. The van der Waals surface area contributed by atoms with Gasteiger partial charge in [0.2, 0.25) is 0 Å². The second kappa shape index (κ2) is 8.83. The van der Waals surface area contributed by atoms with E-state index in [2.05, 4.69) is 5.32 Å². The van der Waals surface area contributed by atoms with Crippen molar-refractivity contribution in [3.05, 3.63) is 68.7 Å². The second-order valence-corrected chi connectivity index (χ2v) is 7.00. The largest absolute Gasteiger partial charge is 0.378 e. The molecule has 0 aliphatic carbocycles. The molecule has 2 rings (SSSR count). The first-order chi connectivity index (χ1) is 12.7. The molecule has 1 atom stereocenters. The molecule has 7 nitrogen and oxygen atoms in total. The van der Waals surface area contributed by atoms with Crippen LogP contribution in [-0.2, 0) is 0 Å². The zero-order valence-corrected chi connectivity index (χ0v) is 16.5. The fourth-order valence-corrected chi connectivity index (χ4v) is 2.94. The van der Waals surface area contributed by atoms with Crippen molar-refractivity contribution in [2.75, 3.05) is 39.6 Å². The molecule has 0 heterocycles. The average Bonchev–Trinajstić information content (AvgIpc) is 2.61. The average molecular weight is 391 g/mol. The lowest BCUT2D eigenvalue weighted by molar-refractivity contribution is -0.384. The predicted molar refractivity (Wildman–Crippen MR) is 108 cm³/mol. The molecule has 0 spiro atoms. The van der Waals surface area contributed by atoms with Crippen LogP contribution in [0.15, 0.2) is 42.5 Å². The number of carbonyl (C=O) groups is 1. The van der Waals surface area contributed by atoms with Crippen LogP contribution in [0.4, 0.5) is 11.4 Å². The normalized spacial score (nSPS) is 11.9. The molecule has 0 bridgehead atoms. The van der Waals surface area contributed by atoms with Gasteiger partial charge < -0.3 is 15.1 Å². The number of nitrogens with zero attached hydrogens (tertiary/aromatic N) is 3. The molecule has 0 unspecified atom stereocenters. The molecule has 2 aromatic carbocycles. The highest BCUT2D eigenvalue weighted by Gasteiger charge is 2.18.